The minimum atomic E-state index is -0.279. The van der Waals surface area contributed by atoms with Crippen LogP contribution in [-0.2, 0) is 0 Å². The Morgan fingerprint density at radius 1 is 1.23 bits per heavy atom. The highest BCUT2D eigenvalue weighted by atomic mass is 35.5. The van der Waals surface area contributed by atoms with Crippen molar-refractivity contribution in [2.24, 2.45) is 0 Å². The number of nitrogens with zero attached hydrogens (tertiary/aromatic N) is 2. The van der Waals surface area contributed by atoms with E-state index in [4.69, 9.17) is 11.6 Å². The summed E-state index contributed by atoms with van der Waals surface area (Å²) in [6.45, 7) is 0. The van der Waals surface area contributed by atoms with E-state index in [-0.39, 0.29) is 5.91 Å². The van der Waals surface area contributed by atoms with Gasteiger partial charge in [-0.2, -0.15) is 0 Å². The van der Waals surface area contributed by atoms with Gasteiger partial charge in [0.15, 0.2) is 0 Å². The van der Waals surface area contributed by atoms with Crippen LogP contribution in [0.3, 0.4) is 0 Å². The lowest BCUT2D eigenvalue weighted by Crippen LogP contribution is -2.19. The molecule has 22 heavy (non-hydrogen) atoms. The molecule has 1 aliphatic rings. The van der Waals surface area contributed by atoms with E-state index in [1.165, 1.54) is 12.8 Å². The molecule has 0 unspecified atom stereocenters. The van der Waals surface area contributed by atoms with Gasteiger partial charge in [-0.05, 0) is 37.1 Å². The zero-order valence-electron chi connectivity index (χ0n) is 12.1. The van der Waals surface area contributed by atoms with Gasteiger partial charge in [-0.1, -0.05) is 30.5 Å². The fourth-order valence-corrected chi connectivity index (χ4v) is 2.76. The maximum absolute atomic E-state index is 12.2. The molecular formula is C16H17ClN4O. The lowest BCUT2D eigenvalue weighted by Gasteiger charge is -2.12. The van der Waals surface area contributed by atoms with Crippen molar-refractivity contribution >= 4 is 29.1 Å². The van der Waals surface area contributed by atoms with E-state index in [0.717, 1.165) is 12.8 Å². The highest BCUT2D eigenvalue weighted by molar-refractivity contribution is 6.30. The molecule has 3 rings (SSSR count). The Hall–Kier alpha value is -2.14. The average Bonchev–Trinajstić information content (AvgIpc) is 3.00. The highest BCUT2D eigenvalue weighted by Crippen LogP contribution is 2.21. The zero-order chi connectivity index (χ0) is 15.4. The number of nitrogens with one attached hydrogen (secondary N) is 2. The fraction of sp³-hybridized carbons (Fsp3) is 0.312. The maximum Gasteiger partial charge on any atom is 0.274 e. The van der Waals surface area contributed by atoms with Crippen LogP contribution >= 0.6 is 11.6 Å². The lowest BCUT2D eigenvalue weighted by molar-refractivity contribution is 0.102. The molecular weight excluding hydrogens is 300 g/mol. The number of benzene rings is 1. The van der Waals surface area contributed by atoms with Gasteiger partial charge in [-0.3, -0.25) is 4.79 Å². The van der Waals surface area contributed by atoms with Crippen LogP contribution < -0.4 is 10.6 Å². The molecule has 0 radical (unpaired) electrons. The standard InChI is InChI=1S/C16H17ClN4O/c17-11-4-3-7-13(10-11)19-15(22)14-8-9-18-16(21-14)20-12-5-1-2-6-12/h3-4,7-10,12H,1-2,5-6H2,(H,19,22)(H,18,20,21). The van der Waals surface area contributed by atoms with E-state index >= 15 is 0 Å². The lowest BCUT2D eigenvalue weighted by atomic mass is 10.2. The smallest absolute Gasteiger partial charge is 0.274 e. The van der Waals surface area contributed by atoms with Crippen LogP contribution in [0.4, 0.5) is 11.6 Å². The van der Waals surface area contributed by atoms with Gasteiger partial charge >= 0.3 is 0 Å². The predicted octanol–water partition coefficient (Wildman–Crippen LogP) is 3.74. The Kier molecular flexibility index (Phi) is 4.53. The van der Waals surface area contributed by atoms with Crippen molar-refractivity contribution in [3.63, 3.8) is 0 Å². The summed E-state index contributed by atoms with van der Waals surface area (Å²) in [6.07, 6.45) is 6.31. The van der Waals surface area contributed by atoms with E-state index in [1.807, 2.05) is 0 Å². The Morgan fingerprint density at radius 2 is 2.05 bits per heavy atom. The third-order valence-corrected chi connectivity index (χ3v) is 3.89. The molecule has 0 saturated heterocycles. The Morgan fingerprint density at radius 3 is 2.82 bits per heavy atom. The zero-order valence-corrected chi connectivity index (χ0v) is 12.8. The molecule has 1 heterocycles. The summed E-state index contributed by atoms with van der Waals surface area (Å²) >= 11 is 5.91. The number of amides is 1. The van der Waals surface area contributed by atoms with E-state index in [2.05, 4.69) is 20.6 Å². The molecule has 1 aromatic heterocycles. The van der Waals surface area contributed by atoms with Crippen LogP contribution in [-0.4, -0.2) is 21.9 Å². The van der Waals surface area contributed by atoms with Gasteiger partial charge in [0.05, 0.1) is 0 Å². The second kappa shape index (κ2) is 6.75. The molecule has 1 aliphatic carbocycles. The van der Waals surface area contributed by atoms with E-state index in [9.17, 15) is 4.79 Å². The van der Waals surface area contributed by atoms with Crippen LogP contribution in [0.2, 0.25) is 5.02 Å². The summed E-state index contributed by atoms with van der Waals surface area (Å²) in [5.74, 6) is 0.227. The summed E-state index contributed by atoms with van der Waals surface area (Å²) < 4.78 is 0. The molecule has 5 nitrogen and oxygen atoms in total. The monoisotopic (exact) mass is 316 g/mol. The van der Waals surface area contributed by atoms with Crippen molar-refractivity contribution in [3.8, 4) is 0 Å². The van der Waals surface area contributed by atoms with Crippen molar-refractivity contribution in [3.05, 3.63) is 47.2 Å². The third-order valence-electron chi connectivity index (χ3n) is 3.66. The summed E-state index contributed by atoms with van der Waals surface area (Å²) in [4.78, 5) is 20.7. The quantitative estimate of drug-likeness (QED) is 0.901. The summed E-state index contributed by atoms with van der Waals surface area (Å²) in [5, 5.41) is 6.64. The van der Waals surface area contributed by atoms with Gasteiger partial charge in [0.25, 0.3) is 5.91 Å². The van der Waals surface area contributed by atoms with E-state index < -0.39 is 0 Å². The average molecular weight is 317 g/mol. The van der Waals surface area contributed by atoms with Crippen molar-refractivity contribution < 1.29 is 4.79 Å². The molecule has 0 atom stereocenters. The molecule has 0 bridgehead atoms. The first-order valence-corrected chi connectivity index (χ1v) is 7.75. The molecule has 1 fully saturated rings. The number of halogens is 1. The summed E-state index contributed by atoms with van der Waals surface area (Å²) in [7, 11) is 0. The van der Waals surface area contributed by atoms with Crippen molar-refractivity contribution in [1.29, 1.82) is 0 Å². The van der Waals surface area contributed by atoms with Gasteiger partial charge < -0.3 is 10.6 Å². The predicted molar refractivity (Wildman–Crippen MR) is 87.3 cm³/mol. The van der Waals surface area contributed by atoms with Crippen molar-refractivity contribution in [2.45, 2.75) is 31.7 Å². The first-order valence-electron chi connectivity index (χ1n) is 7.37. The van der Waals surface area contributed by atoms with Gasteiger partial charge in [-0.15, -0.1) is 0 Å². The highest BCUT2D eigenvalue weighted by Gasteiger charge is 2.16. The molecule has 1 saturated carbocycles. The van der Waals surface area contributed by atoms with Crippen LogP contribution in [0.15, 0.2) is 36.5 Å². The van der Waals surface area contributed by atoms with Crippen LogP contribution in [0, 0.1) is 0 Å². The number of hydrogen-bond acceptors (Lipinski definition) is 4. The second-order valence-corrected chi connectivity index (χ2v) is 5.79. The van der Waals surface area contributed by atoms with Crippen LogP contribution in [0.5, 0.6) is 0 Å². The third kappa shape index (κ3) is 3.74. The van der Waals surface area contributed by atoms with Gasteiger partial charge in [-0.25, -0.2) is 9.97 Å². The van der Waals surface area contributed by atoms with Gasteiger partial charge in [0.2, 0.25) is 5.95 Å². The number of carbonyl (C=O) groups excluding carboxylic acids is 1. The largest absolute Gasteiger partial charge is 0.351 e. The first kappa shape index (κ1) is 14.8. The van der Waals surface area contributed by atoms with Crippen LogP contribution in [0.25, 0.3) is 0 Å². The topological polar surface area (TPSA) is 66.9 Å². The van der Waals surface area contributed by atoms with Crippen molar-refractivity contribution in [1.82, 2.24) is 9.97 Å². The number of anilines is 2. The molecule has 2 aromatic rings. The maximum atomic E-state index is 12.2. The molecule has 114 valence electrons. The molecule has 1 amide bonds. The normalized spacial score (nSPS) is 14.8. The molecule has 6 heteroatoms. The Bertz CT molecular complexity index is 671. The van der Waals surface area contributed by atoms with Crippen molar-refractivity contribution in [2.75, 3.05) is 10.6 Å². The fourth-order valence-electron chi connectivity index (χ4n) is 2.57. The minimum Gasteiger partial charge on any atom is -0.351 e. The Labute approximate surface area is 134 Å². The SMILES string of the molecule is O=C(Nc1cccc(Cl)c1)c1ccnc(NC2CCCC2)n1. The molecule has 1 aromatic carbocycles. The number of hydrogen-bond donors (Lipinski definition) is 2. The Balaban J connectivity index is 1.69. The van der Waals surface area contributed by atoms with Gasteiger partial charge in [0, 0.05) is 22.9 Å². The van der Waals surface area contributed by atoms with Crippen LogP contribution in [0.1, 0.15) is 36.2 Å². The first-order chi connectivity index (χ1) is 10.7. The second-order valence-electron chi connectivity index (χ2n) is 5.36. The number of aromatic nitrogens is 2. The summed E-state index contributed by atoms with van der Waals surface area (Å²) in [6, 6.07) is 9.02. The van der Waals surface area contributed by atoms with E-state index in [0.29, 0.717) is 28.4 Å². The summed E-state index contributed by atoms with van der Waals surface area (Å²) in [5.41, 5.74) is 0.969. The molecule has 0 aliphatic heterocycles. The minimum absolute atomic E-state index is 0.279. The van der Waals surface area contributed by atoms with Gasteiger partial charge in [0.1, 0.15) is 5.69 Å². The number of carbonyl (C=O) groups is 1. The van der Waals surface area contributed by atoms with E-state index in [1.54, 1.807) is 36.5 Å². The number of rotatable bonds is 4. The molecule has 0 spiro atoms. The molecule has 2 N–H and O–H groups in total.